The van der Waals surface area contributed by atoms with Gasteiger partial charge in [-0.05, 0) is 28.7 Å². The minimum absolute atomic E-state index is 0.315. The van der Waals surface area contributed by atoms with Crippen molar-refractivity contribution < 1.29 is 9.62 Å². The van der Waals surface area contributed by atoms with Crippen LogP contribution in [0.15, 0.2) is 60.0 Å². The van der Waals surface area contributed by atoms with Crippen LogP contribution in [0.3, 0.4) is 0 Å². The first kappa shape index (κ1) is 15.1. The van der Waals surface area contributed by atoms with Gasteiger partial charge < -0.3 is 5.11 Å². The molecule has 0 aliphatic carbocycles. The Morgan fingerprint density at radius 1 is 1.08 bits per heavy atom. The summed E-state index contributed by atoms with van der Waals surface area (Å²) < 4.78 is 1.49. The summed E-state index contributed by atoms with van der Waals surface area (Å²) in [4.78, 5) is 8.43. The highest BCUT2D eigenvalue weighted by atomic mass is 35.5. The summed E-state index contributed by atoms with van der Waals surface area (Å²) in [5, 5.41) is 18.7. The van der Waals surface area contributed by atoms with Crippen LogP contribution in [0.5, 0.6) is 5.88 Å². The van der Waals surface area contributed by atoms with E-state index >= 15 is 0 Å². The molecule has 0 radical (unpaired) electrons. The molecule has 0 N–H and O–H groups in total. The first-order valence-corrected chi connectivity index (χ1v) is 8.59. The van der Waals surface area contributed by atoms with Crippen molar-refractivity contribution in [2.24, 2.45) is 0 Å². The number of benzene rings is 2. The Kier molecular flexibility index (Phi) is 3.92. The van der Waals surface area contributed by atoms with Gasteiger partial charge >= 0.3 is 6.33 Å². The molecular weight excluding hydrogens is 344 g/mol. The van der Waals surface area contributed by atoms with Crippen LogP contribution in [0.1, 0.15) is 5.56 Å². The van der Waals surface area contributed by atoms with Crippen LogP contribution in [-0.4, -0.2) is 15.1 Å². The Morgan fingerprint density at radius 3 is 2.75 bits per heavy atom. The number of nitrogens with zero attached hydrogens (tertiary/aromatic N) is 4. The van der Waals surface area contributed by atoms with E-state index in [2.05, 4.69) is 15.1 Å². The highest BCUT2D eigenvalue weighted by Crippen LogP contribution is 2.26. The zero-order chi connectivity index (χ0) is 16.5. The second-order valence-corrected chi connectivity index (χ2v) is 6.48. The molecule has 0 spiro atoms. The maximum atomic E-state index is 12.5. The van der Waals surface area contributed by atoms with Crippen molar-refractivity contribution in [1.82, 2.24) is 15.1 Å². The van der Waals surface area contributed by atoms with Gasteiger partial charge in [-0.2, -0.15) is 0 Å². The number of thioether (sulfide) groups is 1. The number of rotatable bonds is 3. The van der Waals surface area contributed by atoms with Crippen molar-refractivity contribution in [3.05, 3.63) is 65.4 Å². The van der Waals surface area contributed by atoms with Crippen LogP contribution in [0.4, 0.5) is 0 Å². The quantitative estimate of drug-likeness (QED) is 0.321. The van der Waals surface area contributed by atoms with Crippen LogP contribution in [0.25, 0.3) is 16.4 Å². The van der Waals surface area contributed by atoms with Gasteiger partial charge in [-0.1, -0.05) is 63.3 Å². The summed E-state index contributed by atoms with van der Waals surface area (Å²) in [6.07, 6.45) is 1.54. The van der Waals surface area contributed by atoms with Crippen molar-refractivity contribution in [3.8, 4) is 5.88 Å². The van der Waals surface area contributed by atoms with E-state index in [9.17, 15) is 5.11 Å². The molecule has 24 heavy (non-hydrogen) atoms. The van der Waals surface area contributed by atoms with E-state index in [1.807, 2.05) is 48.5 Å². The summed E-state index contributed by atoms with van der Waals surface area (Å²) in [7, 11) is 0. The third-order valence-electron chi connectivity index (χ3n) is 3.60. The molecule has 2 heterocycles. The fourth-order valence-electron chi connectivity index (χ4n) is 2.45. The predicted octanol–water partition coefficient (Wildman–Crippen LogP) is 2.78. The van der Waals surface area contributed by atoms with Gasteiger partial charge in [0.15, 0.2) is 11.0 Å². The van der Waals surface area contributed by atoms with Crippen LogP contribution < -0.4 is 9.62 Å². The van der Waals surface area contributed by atoms with Gasteiger partial charge in [0.1, 0.15) is 0 Å². The van der Waals surface area contributed by atoms with Crippen molar-refractivity contribution in [1.29, 1.82) is 0 Å². The summed E-state index contributed by atoms with van der Waals surface area (Å²) in [6, 6.07) is 15.0. The maximum Gasteiger partial charge on any atom is 0.312 e. The highest BCUT2D eigenvalue weighted by Gasteiger charge is 2.13. The average molecular weight is 355 g/mol. The average Bonchev–Trinajstić information content (AvgIpc) is 2.60. The second-order valence-electron chi connectivity index (χ2n) is 5.13. The summed E-state index contributed by atoms with van der Waals surface area (Å²) in [6.45, 7) is 0. The van der Waals surface area contributed by atoms with E-state index in [4.69, 9.17) is 11.6 Å². The van der Waals surface area contributed by atoms with Gasteiger partial charge in [-0.15, -0.1) is 0 Å². The van der Waals surface area contributed by atoms with Gasteiger partial charge in [0, 0.05) is 16.7 Å². The molecular formula is C17H11ClN4OS. The van der Waals surface area contributed by atoms with Gasteiger partial charge in [-0.25, -0.2) is 4.98 Å². The largest absolute Gasteiger partial charge is 0.856 e. The maximum absolute atomic E-state index is 12.5. The molecule has 0 saturated carbocycles. The van der Waals surface area contributed by atoms with Crippen molar-refractivity contribution >= 4 is 39.8 Å². The Hall–Kier alpha value is -2.44. The Labute approximate surface area is 147 Å². The third kappa shape index (κ3) is 2.74. The minimum atomic E-state index is -0.315. The normalized spacial score (nSPS) is 11.2. The van der Waals surface area contributed by atoms with Crippen LogP contribution >= 0.6 is 23.4 Å². The van der Waals surface area contributed by atoms with E-state index in [0.29, 0.717) is 21.4 Å². The van der Waals surface area contributed by atoms with Gasteiger partial charge in [0.05, 0.1) is 5.39 Å². The van der Waals surface area contributed by atoms with Crippen LogP contribution in [0.2, 0.25) is 5.02 Å². The lowest BCUT2D eigenvalue weighted by atomic mass is 10.2. The Balaban J connectivity index is 1.73. The Bertz CT molecular complexity index is 1060. The van der Waals surface area contributed by atoms with E-state index in [0.717, 1.165) is 16.5 Å². The standard InChI is InChI=1S/C17H11ClN4OS/c18-13-7-3-1-5-11(13)9-24-17-20-16(23)15-12-6-2-4-8-14(12)19-10-22(15)21-17/h1-8,10H,9H2. The zero-order valence-electron chi connectivity index (χ0n) is 12.4. The molecule has 0 atom stereocenters. The van der Waals surface area contributed by atoms with Crippen LogP contribution in [-0.2, 0) is 5.75 Å². The fraction of sp³-hybridized carbons (Fsp3) is 0.0588. The highest BCUT2D eigenvalue weighted by molar-refractivity contribution is 7.98. The molecule has 4 rings (SSSR count). The lowest BCUT2D eigenvalue weighted by Crippen LogP contribution is -2.30. The number of para-hydroxylation sites is 1. The van der Waals surface area contributed by atoms with Gasteiger partial charge in [0.2, 0.25) is 5.16 Å². The van der Waals surface area contributed by atoms with E-state index in [1.54, 1.807) is 6.33 Å². The zero-order valence-corrected chi connectivity index (χ0v) is 14.0. The first-order chi connectivity index (χ1) is 11.7. The summed E-state index contributed by atoms with van der Waals surface area (Å²) in [5.74, 6) is 0.275. The summed E-state index contributed by atoms with van der Waals surface area (Å²) >= 11 is 7.52. The second kappa shape index (κ2) is 6.22. The molecule has 0 unspecified atom stereocenters. The Morgan fingerprint density at radius 2 is 1.88 bits per heavy atom. The first-order valence-electron chi connectivity index (χ1n) is 7.23. The molecule has 7 heteroatoms. The molecule has 2 aromatic carbocycles. The van der Waals surface area contributed by atoms with Crippen molar-refractivity contribution in [2.45, 2.75) is 10.9 Å². The fourth-order valence-corrected chi connectivity index (χ4v) is 3.56. The smallest absolute Gasteiger partial charge is 0.312 e. The lowest BCUT2D eigenvalue weighted by Gasteiger charge is -2.09. The van der Waals surface area contributed by atoms with E-state index in [1.165, 1.54) is 16.3 Å². The molecule has 0 aliphatic rings. The van der Waals surface area contributed by atoms with Crippen molar-refractivity contribution in [2.75, 3.05) is 0 Å². The van der Waals surface area contributed by atoms with E-state index in [-0.39, 0.29) is 5.88 Å². The number of halogens is 1. The number of hydrogen-bond donors (Lipinski definition) is 0. The molecule has 0 amide bonds. The SMILES string of the molecule is [O-]c1nc(SCc2ccccc2Cl)n[n+]2cnc3ccccc3c12. The number of fused-ring (bicyclic) bond motifs is 3. The number of hydrogen-bond acceptors (Lipinski definition) is 5. The molecule has 4 aromatic rings. The molecule has 5 nitrogen and oxygen atoms in total. The molecule has 0 bridgehead atoms. The third-order valence-corrected chi connectivity index (χ3v) is 4.86. The topological polar surface area (TPSA) is 65.8 Å². The molecule has 0 fully saturated rings. The predicted molar refractivity (Wildman–Crippen MR) is 91.0 cm³/mol. The molecule has 2 aromatic heterocycles. The minimum Gasteiger partial charge on any atom is -0.856 e. The molecule has 0 aliphatic heterocycles. The molecule has 0 saturated heterocycles. The monoisotopic (exact) mass is 354 g/mol. The summed E-state index contributed by atoms with van der Waals surface area (Å²) in [5.41, 5.74) is 2.15. The van der Waals surface area contributed by atoms with E-state index < -0.39 is 0 Å². The lowest BCUT2D eigenvalue weighted by molar-refractivity contribution is -0.591. The van der Waals surface area contributed by atoms with Gasteiger partial charge in [-0.3, -0.25) is 0 Å². The van der Waals surface area contributed by atoms with Crippen LogP contribution in [0, 0.1) is 0 Å². The van der Waals surface area contributed by atoms with Gasteiger partial charge in [0.25, 0.3) is 0 Å². The molecule has 118 valence electrons. The van der Waals surface area contributed by atoms with Crippen molar-refractivity contribution in [3.63, 3.8) is 0 Å². The number of aromatic nitrogens is 4.